The summed E-state index contributed by atoms with van der Waals surface area (Å²) in [5, 5.41) is 19.0. The van der Waals surface area contributed by atoms with Gasteiger partial charge in [-0.15, -0.1) is 0 Å². The number of hydrazine groups is 1. The van der Waals surface area contributed by atoms with Crippen molar-refractivity contribution in [3.63, 3.8) is 0 Å². The van der Waals surface area contributed by atoms with Crippen molar-refractivity contribution in [2.75, 3.05) is 24.5 Å². The Morgan fingerprint density at radius 2 is 1.62 bits per heavy atom. The monoisotopic (exact) mass is 409 g/mol. The van der Waals surface area contributed by atoms with Gasteiger partial charge in [0, 0.05) is 17.8 Å². The molecule has 0 unspecified atom stereocenters. The average molecular weight is 409 g/mol. The SMILES string of the molecule is CCN(NC(=O)c1ccc(N(CC(=O)O)CC(=O)O)c(C)c1)C(=O)OC(C)(C)C. The molecule has 0 aliphatic rings. The molecule has 0 bridgehead atoms. The molecule has 0 heterocycles. The second kappa shape index (κ2) is 9.76. The fourth-order valence-electron chi connectivity index (χ4n) is 2.46. The first-order chi connectivity index (χ1) is 13.3. The highest BCUT2D eigenvalue weighted by Gasteiger charge is 2.23. The van der Waals surface area contributed by atoms with E-state index < -0.39 is 42.6 Å². The third-order valence-electron chi connectivity index (χ3n) is 3.62. The normalized spacial score (nSPS) is 10.8. The molecule has 0 radical (unpaired) electrons. The lowest BCUT2D eigenvalue weighted by Crippen LogP contribution is -2.48. The van der Waals surface area contributed by atoms with Crippen LogP contribution in [0.25, 0.3) is 0 Å². The second-order valence-electron chi connectivity index (χ2n) is 7.31. The Morgan fingerprint density at radius 3 is 2.03 bits per heavy atom. The van der Waals surface area contributed by atoms with E-state index in [-0.39, 0.29) is 12.1 Å². The number of nitrogens with zero attached hydrogens (tertiary/aromatic N) is 2. The number of nitrogens with one attached hydrogen (secondary N) is 1. The van der Waals surface area contributed by atoms with Crippen LogP contribution in [0.1, 0.15) is 43.6 Å². The topological polar surface area (TPSA) is 136 Å². The highest BCUT2D eigenvalue weighted by atomic mass is 16.6. The summed E-state index contributed by atoms with van der Waals surface area (Å²) < 4.78 is 5.23. The Bertz CT molecular complexity index is 770. The van der Waals surface area contributed by atoms with Crippen molar-refractivity contribution in [3.8, 4) is 0 Å². The number of benzene rings is 1. The molecule has 0 aliphatic carbocycles. The maximum absolute atomic E-state index is 12.5. The number of amides is 2. The minimum absolute atomic E-state index is 0.183. The molecule has 0 atom stereocenters. The number of rotatable bonds is 7. The van der Waals surface area contributed by atoms with Crippen molar-refractivity contribution in [2.45, 2.75) is 40.2 Å². The molecule has 29 heavy (non-hydrogen) atoms. The first kappa shape index (κ1) is 23.7. The maximum atomic E-state index is 12.5. The summed E-state index contributed by atoms with van der Waals surface area (Å²) in [4.78, 5) is 47.9. The van der Waals surface area contributed by atoms with Crippen LogP contribution >= 0.6 is 0 Å². The van der Waals surface area contributed by atoms with Gasteiger partial charge >= 0.3 is 18.0 Å². The van der Waals surface area contributed by atoms with Crippen LogP contribution in [0, 0.1) is 6.92 Å². The molecule has 10 heteroatoms. The number of carboxylic acid groups (broad SMARTS) is 2. The number of hydrogen-bond acceptors (Lipinski definition) is 6. The van der Waals surface area contributed by atoms with E-state index in [1.165, 1.54) is 23.1 Å². The number of anilines is 1. The number of carboxylic acids is 2. The quantitative estimate of drug-likeness (QED) is 0.581. The van der Waals surface area contributed by atoms with Gasteiger partial charge in [-0.1, -0.05) is 0 Å². The van der Waals surface area contributed by atoms with Crippen LogP contribution in [0.3, 0.4) is 0 Å². The highest BCUT2D eigenvalue weighted by molar-refractivity contribution is 5.95. The van der Waals surface area contributed by atoms with E-state index >= 15 is 0 Å². The zero-order chi connectivity index (χ0) is 22.4. The molecule has 0 aliphatic heterocycles. The van der Waals surface area contributed by atoms with Gasteiger partial charge in [0.05, 0.1) is 0 Å². The van der Waals surface area contributed by atoms with E-state index in [1.807, 2.05) is 0 Å². The number of ether oxygens (including phenoxy) is 1. The van der Waals surface area contributed by atoms with Crippen molar-refractivity contribution >= 4 is 29.6 Å². The summed E-state index contributed by atoms with van der Waals surface area (Å²) in [7, 11) is 0. The van der Waals surface area contributed by atoms with Gasteiger partial charge in [0.1, 0.15) is 18.7 Å². The van der Waals surface area contributed by atoms with Crippen LogP contribution in [0.2, 0.25) is 0 Å². The van der Waals surface area contributed by atoms with Crippen molar-refractivity contribution in [2.24, 2.45) is 0 Å². The van der Waals surface area contributed by atoms with Gasteiger partial charge in [0.15, 0.2) is 0 Å². The largest absolute Gasteiger partial charge is 0.480 e. The van der Waals surface area contributed by atoms with Crippen LogP contribution in [-0.2, 0) is 14.3 Å². The minimum atomic E-state index is -1.18. The van der Waals surface area contributed by atoms with Crippen molar-refractivity contribution in [3.05, 3.63) is 29.3 Å². The number of carbonyl (C=O) groups is 4. The predicted octanol–water partition coefficient (Wildman–Crippen LogP) is 1.87. The van der Waals surface area contributed by atoms with Gasteiger partial charge in [-0.2, -0.15) is 0 Å². The molecule has 1 aromatic carbocycles. The number of hydrogen-bond donors (Lipinski definition) is 3. The molecular weight excluding hydrogens is 382 g/mol. The van der Waals surface area contributed by atoms with Crippen molar-refractivity contribution < 1.29 is 34.1 Å². The molecule has 0 saturated carbocycles. The molecule has 1 rings (SSSR count). The van der Waals surface area contributed by atoms with Gasteiger partial charge in [-0.25, -0.2) is 9.80 Å². The number of carbonyl (C=O) groups excluding carboxylic acids is 2. The molecule has 0 spiro atoms. The van der Waals surface area contributed by atoms with Gasteiger partial charge in [0.2, 0.25) is 0 Å². The average Bonchev–Trinajstić information content (AvgIpc) is 2.56. The summed E-state index contributed by atoms with van der Waals surface area (Å²) in [6, 6.07) is 4.39. The predicted molar refractivity (Wildman–Crippen MR) is 105 cm³/mol. The Labute approximate surface area is 169 Å². The standard InChI is InChI=1S/C19H27N3O7/c1-6-22(18(28)29-19(3,4)5)20-17(27)13-7-8-14(12(2)9-13)21(10-15(23)24)11-16(25)26/h7-9H,6,10-11H2,1-5H3,(H,20,27)(H,23,24)(H,25,26). The summed E-state index contributed by atoms with van der Waals surface area (Å²) in [5.41, 5.74) is 2.86. The van der Waals surface area contributed by atoms with Crippen LogP contribution in [0.4, 0.5) is 10.5 Å². The molecule has 1 aromatic rings. The Morgan fingerprint density at radius 1 is 1.07 bits per heavy atom. The number of aryl methyl sites for hydroxylation is 1. The van der Waals surface area contributed by atoms with Crippen LogP contribution in [0.15, 0.2) is 18.2 Å². The van der Waals surface area contributed by atoms with E-state index in [0.717, 1.165) is 5.01 Å². The summed E-state index contributed by atoms with van der Waals surface area (Å²) >= 11 is 0. The van der Waals surface area contributed by atoms with Crippen LogP contribution in [0.5, 0.6) is 0 Å². The smallest absolute Gasteiger partial charge is 0.429 e. The lowest BCUT2D eigenvalue weighted by atomic mass is 10.1. The van der Waals surface area contributed by atoms with Crippen LogP contribution < -0.4 is 10.3 Å². The second-order valence-corrected chi connectivity index (χ2v) is 7.31. The molecule has 2 amide bonds. The third-order valence-corrected chi connectivity index (χ3v) is 3.62. The maximum Gasteiger partial charge on any atom is 0.429 e. The van der Waals surface area contributed by atoms with Crippen LogP contribution in [-0.4, -0.2) is 64.4 Å². The summed E-state index contributed by atoms with van der Waals surface area (Å²) in [6.45, 7) is 7.63. The van der Waals surface area contributed by atoms with Crippen molar-refractivity contribution in [1.82, 2.24) is 10.4 Å². The van der Waals surface area contributed by atoms with Gasteiger partial charge < -0.3 is 19.8 Å². The fourth-order valence-corrected chi connectivity index (χ4v) is 2.46. The lowest BCUT2D eigenvalue weighted by molar-refractivity contribution is -0.136. The highest BCUT2D eigenvalue weighted by Crippen LogP contribution is 2.21. The molecule has 0 aromatic heterocycles. The van der Waals surface area contributed by atoms with E-state index in [1.54, 1.807) is 34.6 Å². The van der Waals surface area contributed by atoms with Gasteiger partial charge in [-0.3, -0.25) is 19.8 Å². The molecular formula is C19H27N3O7. The van der Waals surface area contributed by atoms with Crippen molar-refractivity contribution in [1.29, 1.82) is 0 Å². The third kappa shape index (κ3) is 7.68. The molecule has 3 N–H and O–H groups in total. The molecule has 0 saturated heterocycles. The zero-order valence-corrected chi connectivity index (χ0v) is 17.2. The van der Waals surface area contributed by atoms with E-state index in [4.69, 9.17) is 14.9 Å². The Balaban J connectivity index is 3.01. The molecule has 0 fully saturated rings. The molecule has 10 nitrogen and oxygen atoms in total. The fraction of sp³-hybridized carbons (Fsp3) is 0.474. The zero-order valence-electron chi connectivity index (χ0n) is 17.2. The van der Waals surface area contributed by atoms with E-state index in [0.29, 0.717) is 11.3 Å². The van der Waals surface area contributed by atoms with E-state index in [9.17, 15) is 19.2 Å². The Hall–Kier alpha value is -3.30. The molecule has 160 valence electrons. The lowest BCUT2D eigenvalue weighted by Gasteiger charge is -2.27. The van der Waals surface area contributed by atoms with Gasteiger partial charge in [-0.05, 0) is 58.4 Å². The summed E-state index contributed by atoms with van der Waals surface area (Å²) in [5.74, 6) is -2.91. The summed E-state index contributed by atoms with van der Waals surface area (Å²) in [6.07, 6.45) is -0.698. The van der Waals surface area contributed by atoms with Gasteiger partial charge in [0.25, 0.3) is 5.91 Å². The minimum Gasteiger partial charge on any atom is -0.480 e. The van der Waals surface area contributed by atoms with E-state index in [2.05, 4.69) is 5.43 Å². The Kier molecular flexibility index (Phi) is 7.99. The number of aliphatic carboxylic acids is 2. The first-order valence-electron chi connectivity index (χ1n) is 8.94. The first-order valence-corrected chi connectivity index (χ1v) is 8.94.